The van der Waals surface area contributed by atoms with Gasteiger partial charge >= 0.3 is 5.97 Å². The van der Waals surface area contributed by atoms with Crippen molar-refractivity contribution in [3.63, 3.8) is 0 Å². The Morgan fingerprint density at radius 2 is 2.29 bits per heavy atom. The summed E-state index contributed by atoms with van der Waals surface area (Å²) >= 11 is 3.26. The lowest BCUT2D eigenvalue weighted by molar-refractivity contribution is -0.133. The number of carbonyl (C=O) groups is 1. The molecule has 1 fully saturated rings. The Kier molecular flexibility index (Phi) is 4.40. The number of fused-ring (bicyclic) bond motifs is 1. The second-order valence-electron chi connectivity index (χ2n) is 5.15. The minimum atomic E-state index is -0.818. The molecule has 5 nitrogen and oxygen atoms in total. The average molecular weight is 323 g/mol. The third-order valence-corrected chi connectivity index (χ3v) is 5.50. The first-order chi connectivity index (χ1) is 10.1. The average Bonchev–Trinajstić information content (AvgIpc) is 2.83. The molecule has 0 bridgehead atoms. The Bertz CT molecular complexity index is 666. The van der Waals surface area contributed by atoms with Gasteiger partial charge in [-0.1, -0.05) is 11.8 Å². The van der Waals surface area contributed by atoms with Gasteiger partial charge in [0.05, 0.1) is 5.75 Å². The fraction of sp³-hybridized carbons (Fsp3) is 0.500. The van der Waals surface area contributed by atoms with Crippen molar-refractivity contribution in [3.8, 4) is 0 Å². The Hall–Kier alpha value is -1.21. The number of thioether (sulfide) groups is 2. The van der Waals surface area contributed by atoms with Crippen LogP contribution in [0.25, 0.3) is 11.2 Å². The van der Waals surface area contributed by atoms with Crippen molar-refractivity contribution in [1.82, 2.24) is 14.5 Å². The van der Waals surface area contributed by atoms with Crippen molar-refractivity contribution in [2.24, 2.45) is 0 Å². The van der Waals surface area contributed by atoms with E-state index in [1.807, 2.05) is 30.9 Å². The van der Waals surface area contributed by atoms with Gasteiger partial charge in [-0.05, 0) is 42.9 Å². The number of nitrogens with zero attached hydrogens (tertiary/aromatic N) is 3. The smallest absolute Gasteiger partial charge is 0.313 e. The predicted octanol–water partition coefficient (Wildman–Crippen LogP) is 2.98. The Balaban J connectivity index is 2.03. The van der Waals surface area contributed by atoms with Gasteiger partial charge in [0.2, 0.25) is 0 Å². The molecule has 0 atom stereocenters. The maximum atomic E-state index is 10.9. The number of aliphatic carboxylic acids is 1. The largest absolute Gasteiger partial charge is 0.481 e. The van der Waals surface area contributed by atoms with E-state index in [0.717, 1.165) is 46.2 Å². The molecule has 112 valence electrons. The van der Waals surface area contributed by atoms with Gasteiger partial charge in [0.25, 0.3) is 0 Å². The summed E-state index contributed by atoms with van der Waals surface area (Å²) in [5.41, 5.74) is 2.81. The Labute approximate surface area is 131 Å². The molecule has 0 aromatic carbocycles. The molecular formula is C14H17N3O2S2. The van der Waals surface area contributed by atoms with Crippen molar-refractivity contribution in [2.45, 2.75) is 31.0 Å². The monoisotopic (exact) mass is 323 g/mol. The molecule has 3 heterocycles. The highest BCUT2D eigenvalue weighted by Crippen LogP contribution is 2.34. The SMILES string of the molecule is Cc1cnc2c(c1)nc(SCC(=O)O)n2C1CCSCC1. The lowest BCUT2D eigenvalue weighted by Crippen LogP contribution is -2.16. The maximum absolute atomic E-state index is 10.9. The molecule has 0 unspecified atom stereocenters. The van der Waals surface area contributed by atoms with Crippen LogP contribution in [0.2, 0.25) is 0 Å². The van der Waals surface area contributed by atoms with Gasteiger partial charge in [0.15, 0.2) is 10.8 Å². The summed E-state index contributed by atoms with van der Waals surface area (Å²) in [6.07, 6.45) is 4.03. The molecule has 7 heteroatoms. The quantitative estimate of drug-likeness (QED) is 0.873. The summed E-state index contributed by atoms with van der Waals surface area (Å²) in [6.45, 7) is 1.99. The molecule has 2 aromatic heterocycles. The second-order valence-corrected chi connectivity index (χ2v) is 7.31. The van der Waals surface area contributed by atoms with Crippen molar-refractivity contribution >= 4 is 40.7 Å². The summed E-state index contributed by atoms with van der Waals surface area (Å²) in [5.74, 6) is 1.49. The van der Waals surface area contributed by atoms with Crippen LogP contribution in [0.15, 0.2) is 17.4 Å². The number of hydrogen-bond acceptors (Lipinski definition) is 5. The molecule has 1 aliphatic heterocycles. The maximum Gasteiger partial charge on any atom is 0.313 e. The van der Waals surface area contributed by atoms with Crippen LogP contribution in [0.1, 0.15) is 24.4 Å². The molecule has 0 radical (unpaired) electrons. The molecule has 1 N–H and O–H groups in total. The molecule has 2 aromatic rings. The zero-order chi connectivity index (χ0) is 14.8. The zero-order valence-electron chi connectivity index (χ0n) is 11.8. The Morgan fingerprint density at radius 1 is 1.52 bits per heavy atom. The van der Waals surface area contributed by atoms with Crippen LogP contribution in [-0.2, 0) is 4.79 Å². The lowest BCUT2D eigenvalue weighted by Gasteiger charge is -2.24. The first kappa shape index (κ1) is 14.7. The summed E-state index contributed by atoms with van der Waals surface area (Å²) in [7, 11) is 0. The molecule has 0 spiro atoms. The van der Waals surface area contributed by atoms with E-state index in [9.17, 15) is 4.79 Å². The van der Waals surface area contributed by atoms with Gasteiger partial charge in [-0.15, -0.1) is 0 Å². The molecule has 1 saturated heterocycles. The van der Waals surface area contributed by atoms with Crippen LogP contribution in [0.4, 0.5) is 0 Å². The summed E-state index contributed by atoms with van der Waals surface area (Å²) in [4.78, 5) is 20.0. The highest BCUT2D eigenvalue weighted by molar-refractivity contribution is 7.99. The predicted molar refractivity (Wildman–Crippen MR) is 86.2 cm³/mol. The van der Waals surface area contributed by atoms with E-state index in [4.69, 9.17) is 5.11 Å². The van der Waals surface area contributed by atoms with Crippen molar-refractivity contribution in [3.05, 3.63) is 17.8 Å². The third-order valence-electron chi connectivity index (χ3n) is 3.52. The standard InChI is InChI=1S/C14H17N3O2S2/c1-9-6-11-13(15-7-9)17(10-2-4-20-5-3-10)14(16-11)21-8-12(18)19/h6-7,10H,2-5,8H2,1H3,(H,18,19). The topological polar surface area (TPSA) is 68.0 Å². The zero-order valence-corrected chi connectivity index (χ0v) is 13.4. The van der Waals surface area contributed by atoms with E-state index in [0.29, 0.717) is 6.04 Å². The number of hydrogen-bond donors (Lipinski definition) is 1. The van der Waals surface area contributed by atoms with Gasteiger partial charge in [0.1, 0.15) is 5.52 Å². The van der Waals surface area contributed by atoms with Crippen molar-refractivity contribution in [2.75, 3.05) is 17.3 Å². The first-order valence-electron chi connectivity index (χ1n) is 6.92. The van der Waals surface area contributed by atoms with Crippen molar-refractivity contribution < 1.29 is 9.90 Å². The highest BCUT2D eigenvalue weighted by atomic mass is 32.2. The number of rotatable bonds is 4. The molecule has 0 amide bonds. The van der Waals surface area contributed by atoms with Crippen LogP contribution in [0.3, 0.4) is 0 Å². The van der Waals surface area contributed by atoms with Crippen LogP contribution < -0.4 is 0 Å². The first-order valence-corrected chi connectivity index (χ1v) is 9.06. The minimum absolute atomic E-state index is 0.0315. The Morgan fingerprint density at radius 3 is 3.00 bits per heavy atom. The summed E-state index contributed by atoms with van der Waals surface area (Å²) in [6, 6.07) is 2.39. The number of aromatic nitrogens is 3. The van der Waals surface area contributed by atoms with E-state index in [1.165, 1.54) is 11.8 Å². The van der Waals surface area contributed by atoms with Crippen LogP contribution in [-0.4, -0.2) is 42.9 Å². The van der Waals surface area contributed by atoms with E-state index >= 15 is 0 Å². The lowest BCUT2D eigenvalue weighted by atomic mass is 10.1. The fourth-order valence-corrected chi connectivity index (χ4v) is 4.43. The van der Waals surface area contributed by atoms with E-state index in [-0.39, 0.29) is 5.75 Å². The number of pyridine rings is 1. The van der Waals surface area contributed by atoms with Crippen LogP contribution in [0, 0.1) is 6.92 Å². The molecule has 21 heavy (non-hydrogen) atoms. The number of aryl methyl sites for hydroxylation is 1. The number of imidazole rings is 1. The minimum Gasteiger partial charge on any atom is -0.481 e. The summed E-state index contributed by atoms with van der Waals surface area (Å²) in [5, 5.41) is 9.70. The number of carboxylic acid groups (broad SMARTS) is 1. The van der Waals surface area contributed by atoms with E-state index in [1.54, 1.807) is 0 Å². The summed E-state index contributed by atoms with van der Waals surface area (Å²) < 4.78 is 2.15. The normalized spacial score (nSPS) is 16.4. The van der Waals surface area contributed by atoms with Crippen LogP contribution in [0.5, 0.6) is 0 Å². The van der Waals surface area contributed by atoms with E-state index in [2.05, 4.69) is 14.5 Å². The molecule has 1 aliphatic rings. The van der Waals surface area contributed by atoms with Gasteiger partial charge in [0, 0.05) is 12.2 Å². The van der Waals surface area contributed by atoms with Crippen molar-refractivity contribution in [1.29, 1.82) is 0 Å². The molecule has 0 saturated carbocycles. The molecule has 0 aliphatic carbocycles. The third kappa shape index (κ3) is 3.18. The van der Waals surface area contributed by atoms with E-state index < -0.39 is 5.97 Å². The van der Waals surface area contributed by atoms with Gasteiger partial charge in [-0.3, -0.25) is 4.79 Å². The van der Waals surface area contributed by atoms with Gasteiger partial charge in [-0.25, -0.2) is 9.97 Å². The molecular weight excluding hydrogens is 306 g/mol. The second kappa shape index (κ2) is 6.27. The van der Waals surface area contributed by atoms with Gasteiger partial charge in [-0.2, -0.15) is 11.8 Å². The highest BCUT2D eigenvalue weighted by Gasteiger charge is 2.23. The fourth-order valence-electron chi connectivity index (χ4n) is 2.56. The van der Waals surface area contributed by atoms with Gasteiger partial charge < -0.3 is 9.67 Å². The molecule has 3 rings (SSSR count). The van der Waals surface area contributed by atoms with Crippen LogP contribution >= 0.6 is 23.5 Å². The number of carboxylic acids is 1.